The average Bonchev–Trinajstić information content (AvgIpc) is 1.97. The molecule has 0 aliphatic heterocycles. The van der Waals surface area contributed by atoms with Crippen molar-refractivity contribution in [2.24, 2.45) is 0 Å². The molecule has 2 aliphatic carbocycles. The maximum atomic E-state index is 2.49. The summed E-state index contributed by atoms with van der Waals surface area (Å²) in [6.45, 7) is 0. The molecule has 20 rings (SSSR count). The third kappa shape index (κ3) is 7.22. The van der Waals surface area contributed by atoms with Crippen molar-refractivity contribution in [1.29, 1.82) is 0 Å². The van der Waals surface area contributed by atoms with Gasteiger partial charge in [-0.1, -0.05) is 285 Å². The number of hydrogen-bond acceptors (Lipinski definition) is 0. The van der Waals surface area contributed by atoms with Crippen LogP contribution in [-0.4, -0.2) is 8.41 Å². The fraction of sp³-hybridized carbons (Fsp3) is 0.0115. The van der Waals surface area contributed by atoms with Crippen LogP contribution in [0.3, 0.4) is 0 Å². The first kappa shape index (κ1) is 50.2. The quantitative estimate of drug-likeness (QED) is 0.122. The predicted molar refractivity (Wildman–Crippen MR) is 377 cm³/mol. The number of fused-ring (bicyclic) bond motifs is 14. The maximum Gasteiger partial charge on any atom is 0.0731 e. The van der Waals surface area contributed by atoms with Gasteiger partial charge >= 0.3 is 0 Å². The lowest BCUT2D eigenvalue weighted by atomic mass is 9.69. The Morgan fingerprint density at radius 3 is 1.06 bits per heavy atom. The van der Waals surface area contributed by atoms with Gasteiger partial charge in [-0.25, -0.2) is 0 Å². The molecule has 0 heterocycles. The third-order valence-corrected chi connectivity index (χ3v) is 19.8. The summed E-state index contributed by atoms with van der Waals surface area (Å²) in [7, 11) is 0. The molecule has 0 saturated carbocycles. The Bertz CT molecular complexity index is 5660. The van der Waals surface area contributed by atoms with E-state index in [4.69, 9.17) is 0 Å². The number of rotatable bonds is 4. The van der Waals surface area contributed by atoms with Crippen LogP contribution in [0, 0.1) is 0 Å². The molecule has 18 aromatic carbocycles. The van der Waals surface area contributed by atoms with E-state index < -0.39 is 5.41 Å². The van der Waals surface area contributed by atoms with Gasteiger partial charge in [0.25, 0.3) is 0 Å². The van der Waals surface area contributed by atoms with E-state index in [0.717, 1.165) is 0 Å². The van der Waals surface area contributed by atoms with E-state index >= 15 is 0 Å². The van der Waals surface area contributed by atoms with Crippen LogP contribution in [-0.2, 0) is 5.41 Å². The van der Waals surface area contributed by atoms with Crippen molar-refractivity contribution in [3.63, 3.8) is 0 Å². The first-order chi connectivity index (χ1) is 43.1. The molecule has 18 aromatic rings. The van der Waals surface area contributed by atoms with E-state index in [-0.39, 0.29) is 8.41 Å². The summed E-state index contributed by atoms with van der Waals surface area (Å²) in [5.41, 5.74) is 20.5. The van der Waals surface area contributed by atoms with Crippen LogP contribution in [0.15, 0.2) is 315 Å². The van der Waals surface area contributed by atoms with E-state index in [2.05, 4.69) is 315 Å². The lowest BCUT2D eigenvalue weighted by molar-refractivity contribution is 0.801. The van der Waals surface area contributed by atoms with Crippen molar-refractivity contribution >= 4 is 105 Å². The summed E-state index contributed by atoms with van der Waals surface area (Å²) in [5.74, 6) is 0. The van der Waals surface area contributed by atoms with Crippen LogP contribution in [0.2, 0.25) is 0 Å². The van der Waals surface area contributed by atoms with Gasteiger partial charge in [0.15, 0.2) is 0 Å². The molecule has 88 heavy (non-hydrogen) atoms. The molecule has 0 fully saturated rings. The molecule has 2 aliphatic rings. The largest absolute Gasteiger partial charge is 0.0731 e. The molecular formula is C87H52B. The minimum atomic E-state index is -0.422. The molecule has 0 nitrogen and oxygen atoms in total. The van der Waals surface area contributed by atoms with Crippen LogP contribution in [0.5, 0.6) is 0 Å². The Morgan fingerprint density at radius 1 is 0.170 bits per heavy atom. The Morgan fingerprint density at radius 2 is 0.511 bits per heavy atom. The molecule has 403 valence electrons. The van der Waals surface area contributed by atoms with Crippen molar-refractivity contribution in [2.75, 3.05) is 0 Å². The van der Waals surface area contributed by atoms with Gasteiger partial charge in [0.2, 0.25) is 0 Å². The van der Waals surface area contributed by atoms with Crippen LogP contribution in [0.4, 0.5) is 0 Å². The minimum Gasteiger partial charge on any atom is -0.0619 e. The Kier molecular flexibility index (Phi) is 11.0. The summed E-state index contributed by atoms with van der Waals surface area (Å²) in [4.78, 5) is 0. The summed E-state index contributed by atoms with van der Waals surface area (Å²) < 4.78 is 0. The summed E-state index contributed by atoms with van der Waals surface area (Å²) in [6, 6.07) is 118. The van der Waals surface area contributed by atoms with Crippen molar-refractivity contribution in [2.45, 2.75) is 5.41 Å². The van der Waals surface area contributed by atoms with Crippen molar-refractivity contribution in [1.82, 2.24) is 0 Å². The zero-order valence-electron chi connectivity index (χ0n) is 48.1. The minimum absolute atomic E-state index is 0. The Labute approximate surface area is 512 Å². The van der Waals surface area contributed by atoms with Crippen LogP contribution < -0.4 is 0 Å². The van der Waals surface area contributed by atoms with E-state index in [1.807, 2.05) is 0 Å². The highest BCUT2D eigenvalue weighted by Crippen LogP contribution is 2.64. The SMILES string of the molecule is [B].c1cc(-c2ccc3ccc4cccc5ccc2c3c45)cc(-c2ccc3ccc4cccc5ccc2c3c45)c1.c1ccc2c(c1)-c1ccccc1C21c2cc(-c3ccc4ccccc4c3)ccc2-c2ccc3cc(-c4ccc5ccccc5c4)ccc3c21. The van der Waals surface area contributed by atoms with E-state index in [0.29, 0.717) is 0 Å². The maximum absolute atomic E-state index is 2.49. The molecule has 0 amide bonds. The van der Waals surface area contributed by atoms with Crippen LogP contribution in [0.25, 0.3) is 164 Å². The van der Waals surface area contributed by atoms with E-state index in [9.17, 15) is 0 Å². The van der Waals surface area contributed by atoms with Gasteiger partial charge in [-0.15, -0.1) is 0 Å². The summed E-state index contributed by atoms with van der Waals surface area (Å²) in [6.07, 6.45) is 0. The summed E-state index contributed by atoms with van der Waals surface area (Å²) >= 11 is 0. The zero-order chi connectivity index (χ0) is 56.9. The Hall–Kier alpha value is -11.1. The topological polar surface area (TPSA) is 0 Å². The molecule has 0 aromatic heterocycles. The van der Waals surface area contributed by atoms with Crippen LogP contribution in [0.1, 0.15) is 22.3 Å². The predicted octanol–water partition coefficient (Wildman–Crippen LogP) is 23.3. The standard InChI is InChI=1S/C49H30.C38H22.B/c1-3-11-33-27-35(19-17-31(33)9-1)37-21-24-40-39(29-37)23-26-44-43-25-22-38(36-20-18-32-10-2-4-12-34(32)28-36)30-47(43)49(48(40)44)45-15-7-5-13-41(45)42-14-6-8-16-46(42)49;1-4-23-10-12-27-14-18-31(33-20-16-25(6-1)35(23)37(27)33)29-8-3-9-30(22-29)32-19-15-28-13-11-24-5-2-7-26-17-21-34(32)38(28)36(24)26;/h1-30H;1-22H;. The zero-order valence-corrected chi connectivity index (χ0v) is 48.1. The molecule has 0 atom stereocenters. The number of hydrogen-bond donors (Lipinski definition) is 0. The van der Waals surface area contributed by atoms with Gasteiger partial charge in [-0.3, -0.25) is 0 Å². The molecule has 0 unspecified atom stereocenters. The van der Waals surface area contributed by atoms with E-state index in [1.165, 1.54) is 186 Å². The second kappa shape index (κ2) is 19.2. The highest BCUT2D eigenvalue weighted by atomic mass is 14.5. The fourth-order valence-electron chi connectivity index (χ4n) is 15.9. The molecule has 1 spiro atoms. The normalized spacial score (nSPS) is 12.8. The van der Waals surface area contributed by atoms with Gasteiger partial charge in [0, 0.05) is 8.41 Å². The number of benzene rings is 18. The van der Waals surface area contributed by atoms with Gasteiger partial charge < -0.3 is 0 Å². The summed E-state index contributed by atoms with van der Waals surface area (Å²) in [5, 5.41) is 23.6. The van der Waals surface area contributed by atoms with Crippen molar-refractivity contribution < 1.29 is 0 Å². The monoisotopic (exact) mass is 1110 g/mol. The van der Waals surface area contributed by atoms with E-state index in [1.54, 1.807) is 0 Å². The van der Waals surface area contributed by atoms with Gasteiger partial charge in [0.1, 0.15) is 0 Å². The Balaban J connectivity index is 0.000000134. The molecule has 1 heteroatoms. The smallest absolute Gasteiger partial charge is 0.0619 e. The lowest BCUT2D eigenvalue weighted by Crippen LogP contribution is -2.26. The fourth-order valence-corrected chi connectivity index (χ4v) is 15.9. The van der Waals surface area contributed by atoms with Crippen molar-refractivity contribution in [3.8, 4) is 66.8 Å². The highest BCUT2D eigenvalue weighted by molar-refractivity contribution is 6.27. The van der Waals surface area contributed by atoms with Gasteiger partial charge in [-0.2, -0.15) is 0 Å². The molecule has 0 bridgehead atoms. The van der Waals surface area contributed by atoms with Crippen LogP contribution >= 0.6 is 0 Å². The molecule has 0 N–H and O–H groups in total. The third-order valence-electron chi connectivity index (χ3n) is 19.8. The van der Waals surface area contributed by atoms with Crippen molar-refractivity contribution in [3.05, 3.63) is 338 Å². The average molecular weight is 1110 g/mol. The second-order valence-corrected chi connectivity index (χ2v) is 24.2. The molecule has 0 saturated heterocycles. The van der Waals surface area contributed by atoms with Gasteiger partial charge in [0.05, 0.1) is 5.41 Å². The second-order valence-electron chi connectivity index (χ2n) is 24.2. The first-order valence-corrected chi connectivity index (χ1v) is 30.4. The first-order valence-electron chi connectivity index (χ1n) is 30.4. The van der Waals surface area contributed by atoms with Gasteiger partial charge in [-0.05, 0) is 216 Å². The molecule has 3 radical (unpaired) electrons. The highest BCUT2D eigenvalue weighted by Gasteiger charge is 2.52. The molecular weight excluding hydrogens is 1060 g/mol. The lowest BCUT2D eigenvalue weighted by Gasteiger charge is -2.31.